The van der Waals surface area contributed by atoms with Crippen molar-refractivity contribution in [3.05, 3.63) is 0 Å². The van der Waals surface area contributed by atoms with E-state index < -0.39 is 12.0 Å². The number of aliphatic carboxylic acids is 1. The average molecular weight is 270 g/mol. The maximum Gasteiger partial charge on any atom is 0.326 e. The number of carboxylic acids is 1. The van der Waals surface area contributed by atoms with E-state index >= 15 is 0 Å². The molecule has 2 unspecified atom stereocenters. The predicted octanol–water partition coefficient (Wildman–Crippen LogP) is 0.652. The van der Waals surface area contributed by atoms with Gasteiger partial charge in [-0.25, -0.2) is 9.59 Å². The first-order chi connectivity index (χ1) is 9.02. The number of aliphatic hydroxyl groups is 1. The zero-order valence-corrected chi connectivity index (χ0v) is 11.2. The molecule has 1 aliphatic carbocycles. The summed E-state index contributed by atoms with van der Waals surface area (Å²) in [5, 5.41) is 21.0. The molecule has 3 N–H and O–H groups in total. The Morgan fingerprint density at radius 1 is 1.37 bits per heavy atom. The Kier molecular flexibility index (Phi) is 4.29. The van der Waals surface area contributed by atoms with Crippen LogP contribution >= 0.6 is 0 Å². The molecule has 1 saturated heterocycles. The van der Waals surface area contributed by atoms with Crippen LogP contribution in [0.25, 0.3) is 0 Å². The fourth-order valence-corrected chi connectivity index (χ4v) is 2.68. The second-order valence-electron chi connectivity index (χ2n) is 5.73. The van der Waals surface area contributed by atoms with E-state index in [4.69, 9.17) is 5.11 Å². The predicted molar refractivity (Wildman–Crippen MR) is 68.7 cm³/mol. The number of likely N-dealkylation sites (tertiary alicyclic amines) is 1. The number of carboxylic acid groups (broad SMARTS) is 1. The quantitative estimate of drug-likeness (QED) is 0.684. The van der Waals surface area contributed by atoms with Crippen LogP contribution in [0.5, 0.6) is 0 Å². The van der Waals surface area contributed by atoms with Gasteiger partial charge in [-0.2, -0.15) is 0 Å². The summed E-state index contributed by atoms with van der Waals surface area (Å²) in [6.07, 6.45) is 3.46. The molecule has 0 aromatic heterocycles. The van der Waals surface area contributed by atoms with Crippen LogP contribution in [0.1, 0.15) is 32.6 Å². The molecule has 6 heteroatoms. The summed E-state index contributed by atoms with van der Waals surface area (Å²) in [4.78, 5) is 24.8. The molecular formula is C13H22N2O4. The number of carbonyl (C=O) groups excluding carboxylic acids is 1. The Labute approximate surface area is 112 Å². The fourth-order valence-electron chi connectivity index (χ4n) is 2.68. The van der Waals surface area contributed by atoms with Gasteiger partial charge in [-0.1, -0.05) is 19.8 Å². The van der Waals surface area contributed by atoms with Crippen molar-refractivity contribution in [1.29, 1.82) is 0 Å². The molecule has 0 aromatic rings. The topological polar surface area (TPSA) is 89.9 Å². The molecule has 19 heavy (non-hydrogen) atoms. The highest BCUT2D eigenvalue weighted by Crippen LogP contribution is 2.33. The summed E-state index contributed by atoms with van der Waals surface area (Å²) in [6.45, 7) is 2.50. The van der Waals surface area contributed by atoms with Crippen LogP contribution in [0.2, 0.25) is 0 Å². The van der Waals surface area contributed by atoms with E-state index in [1.807, 2.05) is 6.92 Å². The van der Waals surface area contributed by atoms with Crippen molar-refractivity contribution >= 4 is 12.0 Å². The Bertz CT molecular complexity index is 357. The minimum absolute atomic E-state index is 0.0745. The monoisotopic (exact) mass is 270 g/mol. The maximum absolute atomic E-state index is 12.1. The molecule has 0 spiro atoms. The summed E-state index contributed by atoms with van der Waals surface area (Å²) >= 11 is 0. The summed E-state index contributed by atoms with van der Waals surface area (Å²) in [5.41, 5.74) is 0. The second-order valence-corrected chi connectivity index (χ2v) is 5.73. The molecule has 1 heterocycles. The SMILES string of the molecule is CC1CCN(C(=O)N[C@@H](CC2CC2)C(=O)O)C1CO. The van der Waals surface area contributed by atoms with Gasteiger partial charge < -0.3 is 20.4 Å². The van der Waals surface area contributed by atoms with Crippen LogP contribution in [0.15, 0.2) is 0 Å². The fraction of sp³-hybridized carbons (Fsp3) is 0.846. The molecule has 0 radical (unpaired) electrons. The standard InChI is InChI=1S/C13H22N2O4/c1-8-4-5-15(11(8)7-16)13(19)14-10(12(17)18)6-9-2-3-9/h8-11,16H,2-7H2,1H3,(H,14,19)(H,17,18)/t8?,10-,11?/m0/s1. The van der Waals surface area contributed by atoms with Gasteiger partial charge in [0.2, 0.25) is 0 Å². The van der Waals surface area contributed by atoms with E-state index in [9.17, 15) is 14.7 Å². The lowest BCUT2D eigenvalue weighted by molar-refractivity contribution is -0.139. The maximum atomic E-state index is 12.1. The second kappa shape index (κ2) is 5.77. The van der Waals surface area contributed by atoms with E-state index in [0.717, 1.165) is 19.3 Å². The van der Waals surface area contributed by atoms with Gasteiger partial charge in [0.25, 0.3) is 0 Å². The molecule has 0 aromatic carbocycles. The lowest BCUT2D eigenvalue weighted by Gasteiger charge is -2.27. The average Bonchev–Trinajstić information content (AvgIpc) is 3.09. The first-order valence-corrected chi connectivity index (χ1v) is 6.93. The summed E-state index contributed by atoms with van der Waals surface area (Å²) in [6, 6.07) is -1.37. The van der Waals surface area contributed by atoms with Gasteiger partial charge >= 0.3 is 12.0 Å². The molecule has 0 bridgehead atoms. The van der Waals surface area contributed by atoms with Crippen LogP contribution in [0, 0.1) is 11.8 Å². The van der Waals surface area contributed by atoms with Gasteiger partial charge in [-0.05, 0) is 24.7 Å². The molecule has 2 rings (SSSR count). The Morgan fingerprint density at radius 2 is 2.05 bits per heavy atom. The molecule has 3 atom stereocenters. The van der Waals surface area contributed by atoms with Gasteiger partial charge in [-0.3, -0.25) is 0 Å². The minimum Gasteiger partial charge on any atom is -0.480 e. The number of rotatable bonds is 5. The van der Waals surface area contributed by atoms with Crippen molar-refractivity contribution in [2.24, 2.45) is 11.8 Å². The van der Waals surface area contributed by atoms with Crippen LogP contribution < -0.4 is 5.32 Å². The number of nitrogens with zero attached hydrogens (tertiary/aromatic N) is 1. The van der Waals surface area contributed by atoms with Crippen molar-refractivity contribution in [1.82, 2.24) is 10.2 Å². The third kappa shape index (κ3) is 3.37. The van der Waals surface area contributed by atoms with Crippen molar-refractivity contribution in [3.63, 3.8) is 0 Å². The van der Waals surface area contributed by atoms with Gasteiger partial charge in [0.15, 0.2) is 0 Å². The molecule has 2 aliphatic rings. The smallest absolute Gasteiger partial charge is 0.326 e. The van der Waals surface area contributed by atoms with Crippen LogP contribution in [0.3, 0.4) is 0 Å². The van der Waals surface area contributed by atoms with E-state index in [1.54, 1.807) is 4.90 Å². The van der Waals surface area contributed by atoms with Gasteiger partial charge in [0, 0.05) is 6.54 Å². The van der Waals surface area contributed by atoms with E-state index in [-0.39, 0.29) is 24.6 Å². The molecule has 2 amide bonds. The van der Waals surface area contributed by atoms with Crippen LogP contribution in [-0.2, 0) is 4.79 Å². The molecule has 6 nitrogen and oxygen atoms in total. The zero-order valence-electron chi connectivity index (χ0n) is 11.2. The van der Waals surface area contributed by atoms with E-state index in [0.29, 0.717) is 18.9 Å². The first kappa shape index (κ1) is 14.1. The van der Waals surface area contributed by atoms with E-state index in [2.05, 4.69) is 5.32 Å². The van der Waals surface area contributed by atoms with Crippen LogP contribution in [-0.4, -0.2) is 52.3 Å². The Hall–Kier alpha value is -1.30. The highest BCUT2D eigenvalue weighted by Gasteiger charge is 2.36. The largest absolute Gasteiger partial charge is 0.480 e. The normalized spacial score (nSPS) is 28.2. The third-order valence-corrected chi connectivity index (χ3v) is 4.19. The van der Waals surface area contributed by atoms with Gasteiger partial charge in [-0.15, -0.1) is 0 Å². The zero-order chi connectivity index (χ0) is 14.0. The number of amides is 2. The lowest BCUT2D eigenvalue weighted by atomic mass is 10.0. The molecule has 1 saturated carbocycles. The number of hydrogen-bond donors (Lipinski definition) is 3. The number of aliphatic hydroxyl groups excluding tert-OH is 1. The lowest BCUT2D eigenvalue weighted by Crippen LogP contribution is -2.51. The molecule has 1 aliphatic heterocycles. The highest BCUT2D eigenvalue weighted by atomic mass is 16.4. The van der Waals surface area contributed by atoms with Crippen molar-refractivity contribution < 1.29 is 19.8 Å². The van der Waals surface area contributed by atoms with Crippen molar-refractivity contribution in [3.8, 4) is 0 Å². The molecular weight excluding hydrogens is 248 g/mol. The van der Waals surface area contributed by atoms with Crippen molar-refractivity contribution in [2.45, 2.75) is 44.7 Å². The summed E-state index contributed by atoms with van der Waals surface area (Å²) in [7, 11) is 0. The van der Waals surface area contributed by atoms with Gasteiger partial charge in [0.1, 0.15) is 6.04 Å². The number of urea groups is 1. The number of hydrogen-bond acceptors (Lipinski definition) is 3. The third-order valence-electron chi connectivity index (χ3n) is 4.19. The minimum atomic E-state index is -0.979. The summed E-state index contributed by atoms with van der Waals surface area (Å²) < 4.78 is 0. The number of nitrogens with one attached hydrogen (secondary N) is 1. The highest BCUT2D eigenvalue weighted by molar-refractivity contribution is 5.83. The molecule has 108 valence electrons. The van der Waals surface area contributed by atoms with E-state index in [1.165, 1.54) is 0 Å². The van der Waals surface area contributed by atoms with Crippen molar-refractivity contribution in [2.75, 3.05) is 13.2 Å². The molecule has 2 fully saturated rings. The first-order valence-electron chi connectivity index (χ1n) is 6.93. The Balaban J connectivity index is 1.92. The number of carbonyl (C=O) groups is 2. The van der Waals surface area contributed by atoms with Crippen LogP contribution in [0.4, 0.5) is 4.79 Å². The van der Waals surface area contributed by atoms with Gasteiger partial charge in [0.05, 0.1) is 12.6 Å². The Morgan fingerprint density at radius 3 is 2.58 bits per heavy atom. The summed E-state index contributed by atoms with van der Waals surface area (Å²) in [5.74, 6) is -0.289.